The van der Waals surface area contributed by atoms with Crippen LogP contribution >= 0.6 is 0 Å². The van der Waals surface area contributed by atoms with Crippen LogP contribution in [-0.4, -0.2) is 56.4 Å². The van der Waals surface area contributed by atoms with Crippen molar-refractivity contribution in [1.82, 2.24) is 30.9 Å². The number of carbonyl (C=O) groups is 2. The van der Waals surface area contributed by atoms with E-state index in [4.69, 9.17) is 18.9 Å². The van der Waals surface area contributed by atoms with Crippen LogP contribution in [-0.2, 0) is 4.79 Å². The van der Waals surface area contributed by atoms with E-state index in [1.54, 1.807) is 12.1 Å². The summed E-state index contributed by atoms with van der Waals surface area (Å²) in [6.45, 7) is 7.69. The Balaban J connectivity index is 1.40. The highest BCUT2D eigenvalue weighted by molar-refractivity contribution is 5.95. The second-order valence-corrected chi connectivity index (χ2v) is 9.90. The molecule has 0 aliphatic heterocycles. The number of halogens is 1. The zero-order valence-electron chi connectivity index (χ0n) is 23.8. The molecule has 0 bridgehead atoms. The van der Waals surface area contributed by atoms with Crippen molar-refractivity contribution in [3.05, 3.63) is 65.6 Å². The number of carboxylic acids is 1. The molecule has 3 N–H and O–H groups in total. The Morgan fingerprint density at radius 3 is 2.19 bits per heavy atom. The molecule has 222 valence electrons. The summed E-state index contributed by atoms with van der Waals surface area (Å²) in [4.78, 5) is 32.1. The predicted octanol–water partition coefficient (Wildman–Crippen LogP) is 4.76. The van der Waals surface area contributed by atoms with Gasteiger partial charge in [-0.25, -0.2) is 4.39 Å². The molecule has 2 heterocycles. The van der Waals surface area contributed by atoms with Crippen LogP contribution in [0.4, 0.5) is 4.39 Å². The summed E-state index contributed by atoms with van der Waals surface area (Å²) in [7, 11) is 0. The average Bonchev–Trinajstić information content (AvgIpc) is 3.66. The van der Waals surface area contributed by atoms with Gasteiger partial charge in [0.25, 0.3) is 11.8 Å². The number of amides is 1. The first kappa shape index (κ1) is 30.3. The van der Waals surface area contributed by atoms with Gasteiger partial charge in [-0.3, -0.25) is 9.59 Å². The standard InChI is InChI=1S/C29H33FN6O6/c1-5-19(14-31-15-24(37)38)32-27(39)21-12-9-18(13-22(21)30)26-34-29(42-36-26)23(6-2)40-20-10-7-17(8-11-20)25-33-28(16(3)4)41-35-25/h7-13,16,19,23,31H,5-6,14-15H2,1-4H3,(H,32,39)(H,37,38)/t19-,23?/m1/s1. The molecule has 0 radical (unpaired) electrons. The molecule has 42 heavy (non-hydrogen) atoms. The number of carboxylic acid groups (broad SMARTS) is 1. The average molecular weight is 581 g/mol. The molecule has 2 aromatic heterocycles. The maximum absolute atomic E-state index is 14.9. The zero-order chi connectivity index (χ0) is 30.2. The lowest BCUT2D eigenvalue weighted by atomic mass is 10.1. The molecule has 12 nitrogen and oxygen atoms in total. The maximum Gasteiger partial charge on any atom is 0.317 e. The zero-order valence-corrected chi connectivity index (χ0v) is 23.8. The molecule has 13 heteroatoms. The van der Waals surface area contributed by atoms with Gasteiger partial charge in [0, 0.05) is 29.6 Å². The van der Waals surface area contributed by atoms with Crippen molar-refractivity contribution in [2.45, 2.75) is 58.6 Å². The maximum atomic E-state index is 14.9. The molecule has 0 aliphatic rings. The first-order chi connectivity index (χ1) is 20.2. The third kappa shape index (κ3) is 7.55. The van der Waals surface area contributed by atoms with E-state index in [0.717, 1.165) is 11.6 Å². The number of rotatable bonds is 14. The molecule has 1 amide bonds. The summed E-state index contributed by atoms with van der Waals surface area (Å²) in [5.41, 5.74) is 0.957. The van der Waals surface area contributed by atoms with Gasteiger partial charge < -0.3 is 29.5 Å². The molecular formula is C29H33FN6O6. The largest absolute Gasteiger partial charge is 0.481 e. The second kappa shape index (κ2) is 13.8. The molecule has 4 aromatic rings. The molecule has 0 fully saturated rings. The van der Waals surface area contributed by atoms with E-state index in [1.807, 2.05) is 39.8 Å². The van der Waals surface area contributed by atoms with E-state index in [0.29, 0.717) is 35.9 Å². The third-order valence-corrected chi connectivity index (χ3v) is 6.38. The Morgan fingerprint density at radius 2 is 1.60 bits per heavy atom. The molecular weight excluding hydrogens is 547 g/mol. The first-order valence-corrected chi connectivity index (χ1v) is 13.7. The van der Waals surface area contributed by atoms with Crippen molar-refractivity contribution < 1.29 is 32.9 Å². The van der Waals surface area contributed by atoms with Gasteiger partial charge in [0.15, 0.2) is 6.10 Å². The van der Waals surface area contributed by atoms with Gasteiger partial charge in [0.1, 0.15) is 11.6 Å². The van der Waals surface area contributed by atoms with Gasteiger partial charge >= 0.3 is 5.97 Å². The number of hydrogen-bond donors (Lipinski definition) is 3. The van der Waals surface area contributed by atoms with Gasteiger partial charge in [0.2, 0.25) is 17.5 Å². The normalized spacial score (nSPS) is 12.7. The van der Waals surface area contributed by atoms with Gasteiger partial charge in [-0.1, -0.05) is 44.1 Å². The van der Waals surface area contributed by atoms with Crippen LogP contribution in [0.5, 0.6) is 5.75 Å². The van der Waals surface area contributed by atoms with E-state index in [2.05, 4.69) is 30.9 Å². The van der Waals surface area contributed by atoms with Crippen molar-refractivity contribution in [1.29, 1.82) is 0 Å². The van der Waals surface area contributed by atoms with Crippen LogP contribution in [0.1, 0.15) is 74.7 Å². The predicted molar refractivity (Wildman–Crippen MR) is 149 cm³/mol. The van der Waals surface area contributed by atoms with Gasteiger partial charge in [0.05, 0.1) is 12.1 Å². The summed E-state index contributed by atoms with van der Waals surface area (Å²) in [5.74, 6) is -0.239. The summed E-state index contributed by atoms with van der Waals surface area (Å²) in [6.07, 6.45) is 0.511. The van der Waals surface area contributed by atoms with Crippen LogP contribution in [0, 0.1) is 5.82 Å². The Labute approximate surface area is 241 Å². The van der Waals surface area contributed by atoms with E-state index in [9.17, 15) is 14.0 Å². The molecule has 0 aliphatic carbocycles. The van der Waals surface area contributed by atoms with Crippen molar-refractivity contribution >= 4 is 11.9 Å². The summed E-state index contributed by atoms with van der Waals surface area (Å²) >= 11 is 0. The monoisotopic (exact) mass is 580 g/mol. The highest BCUT2D eigenvalue weighted by Crippen LogP contribution is 2.28. The van der Waals surface area contributed by atoms with Crippen LogP contribution in [0.25, 0.3) is 22.8 Å². The first-order valence-electron chi connectivity index (χ1n) is 13.7. The molecule has 4 rings (SSSR count). The molecule has 2 aromatic carbocycles. The Hall–Kier alpha value is -4.65. The molecule has 1 unspecified atom stereocenters. The lowest BCUT2D eigenvalue weighted by molar-refractivity contribution is -0.135. The lowest BCUT2D eigenvalue weighted by Gasteiger charge is -2.17. The van der Waals surface area contributed by atoms with E-state index < -0.39 is 23.8 Å². The fourth-order valence-electron chi connectivity index (χ4n) is 3.98. The van der Waals surface area contributed by atoms with E-state index in [-0.39, 0.29) is 42.3 Å². The minimum Gasteiger partial charge on any atom is -0.481 e. The quantitative estimate of drug-likeness (QED) is 0.188. The lowest BCUT2D eigenvalue weighted by Crippen LogP contribution is -2.43. The number of aromatic nitrogens is 4. The summed E-state index contributed by atoms with van der Waals surface area (Å²) in [5, 5.41) is 22.2. The smallest absolute Gasteiger partial charge is 0.317 e. The number of carbonyl (C=O) groups excluding carboxylic acids is 1. The Kier molecular flexibility index (Phi) is 9.97. The molecule has 0 saturated carbocycles. The number of nitrogens with zero attached hydrogens (tertiary/aromatic N) is 4. The Bertz CT molecular complexity index is 1500. The highest BCUT2D eigenvalue weighted by Gasteiger charge is 2.22. The van der Waals surface area contributed by atoms with Crippen LogP contribution in [0.2, 0.25) is 0 Å². The number of hydrogen-bond acceptors (Lipinski definition) is 10. The second-order valence-electron chi connectivity index (χ2n) is 9.90. The molecule has 0 spiro atoms. The number of nitrogens with one attached hydrogen (secondary N) is 2. The highest BCUT2D eigenvalue weighted by atomic mass is 19.1. The topological polar surface area (TPSA) is 166 Å². The van der Waals surface area contributed by atoms with Crippen molar-refractivity contribution in [2.24, 2.45) is 0 Å². The third-order valence-electron chi connectivity index (χ3n) is 6.38. The summed E-state index contributed by atoms with van der Waals surface area (Å²) < 4.78 is 31.7. The number of aliphatic carboxylic acids is 1. The minimum atomic E-state index is -1.00. The van der Waals surface area contributed by atoms with Crippen molar-refractivity contribution in [3.8, 4) is 28.5 Å². The van der Waals surface area contributed by atoms with Crippen LogP contribution < -0.4 is 15.4 Å². The van der Waals surface area contributed by atoms with E-state index >= 15 is 0 Å². The SMILES string of the molecule is CCC(Oc1ccc(-c2noc(C(C)C)n2)cc1)c1nc(-c2ccc(C(=O)N[C@H](CC)CNCC(=O)O)c(F)c2)no1. The Morgan fingerprint density at radius 1 is 0.952 bits per heavy atom. The summed E-state index contributed by atoms with van der Waals surface area (Å²) in [6, 6.07) is 10.9. The molecule has 2 atom stereocenters. The van der Waals surface area contributed by atoms with Crippen molar-refractivity contribution in [3.63, 3.8) is 0 Å². The fraction of sp³-hybridized carbons (Fsp3) is 0.379. The number of benzene rings is 2. The van der Waals surface area contributed by atoms with Crippen LogP contribution in [0.15, 0.2) is 51.5 Å². The van der Waals surface area contributed by atoms with Crippen molar-refractivity contribution in [2.75, 3.05) is 13.1 Å². The van der Waals surface area contributed by atoms with Gasteiger partial charge in [-0.05, 0) is 49.2 Å². The minimum absolute atomic E-state index is 0.131. The fourth-order valence-corrected chi connectivity index (χ4v) is 3.98. The van der Waals surface area contributed by atoms with Gasteiger partial charge in [-0.15, -0.1) is 0 Å². The van der Waals surface area contributed by atoms with Gasteiger partial charge in [-0.2, -0.15) is 9.97 Å². The molecule has 0 saturated heterocycles. The number of ether oxygens (including phenoxy) is 1. The van der Waals surface area contributed by atoms with E-state index in [1.165, 1.54) is 12.1 Å². The van der Waals surface area contributed by atoms with Crippen LogP contribution in [0.3, 0.4) is 0 Å².